The standard InChI is InChI=1S/C12H18FNO2/c1-9-6-11(13)3-2-10(9)4-5-14-7-12(16)8-15/h2-3,6,12,14-16H,4-5,7-8H2,1H3/t12-/m0/s1. The van der Waals surface area contributed by atoms with Crippen molar-refractivity contribution in [3.63, 3.8) is 0 Å². The minimum atomic E-state index is -0.714. The Kier molecular flexibility index (Phi) is 5.38. The van der Waals surface area contributed by atoms with Crippen LogP contribution in [0.4, 0.5) is 4.39 Å². The number of halogens is 1. The molecule has 0 radical (unpaired) electrons. The van der Waals surface area contributed by atoms with E-state index in [1.54, 1.807) is 6.07 Å². The molecule has 1 atom stereocenters. The average Bonchev–Trinajstić information content (AvgIpc) is 2.26. The number of hydrogen-bond donors (Lipinski definition) is 3. The van der Waals surface area contributed by atoms with Gasteiger partial charge in [-0.1, -0.05) is 6.07 Å². The fourth-order valence-corrected chi connectivity index (χ4v) is 1.50. The second-order valence-electron chi connectivity index (χ2n) is 3.86. The molecule has 1 aromatic carbocycles. The Morgan fingerprint density at radius 3 is 2.81 bits per heavy atom. The van der Waals surface area contributed by atoms with Crippen LogP contribution in [-0.4, -0.2) is 36.0 Å². The van der Waals surface area contributed by atoms with Crippen molar-refractivity contribution >= 4 is 0 Å². The molecule has 16 heavy (non-hydrogen) atoms. The Labute approximate surface area is 94.9 Å². The summed E-state index contributed by atoms with van der Waals surface area (Å²) >= 11 is 0. The molecule has 0 amide bonds. The third kappa shape index (κ3) is 4.26. The fourth-order valence-electron chi connectivity index (χ4n) is 1.50. The predicted octanol–water partition coefficient (Wildman–Crippen LogP) is 0.619. The molecule has 0 spiro atoms. The van der Waals surface area contributed by atoms with Crippen LogP contribution in [0.25, 0.3) is 0 Å². The number of nitrogens with one attached hydrogen (secondary N) is 1. The van der Waals surface area contributed by atoms with E-state index in [0.29, 0.717) is 13.1 Å². The maximum absolute atomic E-state index is 12.8. The first-order valence-corrected chi connectivity index (χ1v) is 5.38. The fraction of sp³-hybridized carbons (Fsp3) is 0.500. The second kappa shape index (κ2) is 6.58. The van der Waals surface area contributed by atoms with Crippen LogP contribution in [0.3, 0.4) is 0 Å². The van der Waals surface area contributed by atoms with E-state index in [4.69, 9.17) is 10.2 Å². The van der Waals surface area contributed by atoms with Gasteiger partial charge in [0.2, 0.25) is 0 Å². The van der Waals surface area contributed by atoms with Crippen molar-refractivity contribution in [3.05, 3.63) is 35.1 Å². The van der Waals surface area contributed by atoms with Crippen molar-refractivity contribution in [1.29, 1.82) is 0 Å². The van der Waals surface area contributed by atoms with Crippen molar-refractivity contribution in [1.82, 2.24) is 5.32 Å². The van der Waals surface area contributed by atoms with Gasteiger partial charge in [-0.3, -0.25) is 0 Å². The minimum Gasteiger partial charge on any atom is -0.394 e. The van der Waals surface area contributed by atoms with Gasteiger partial charge in [0.05, 0.1) is 12.7 Å². The van der Waals surface area contributed by atoms with Gasteiger partial charge < -0.3 is 15.5 Å². The molecule has 1 aromatic rings. The number of benzene rings is 1. The SMILES string of the molecule is Cc1cc(F)ccc1CCNC[C@H](O)CO. The van der Waals surface area contributed by atoms with Crippen LogP contribution in [0, 0.1) is 12.7 Å². The van der Waals surface area contributed by atoms with E-state index in [9.17, 15) is 4.39 Å². The highest BCUT2D eigenvalue weighted by atomic mass is 19.1. The molecule has 3 nitrogen and oxygen atoms in total. The van der Waals surface area contributed by atoms with Crippen molar-refractivity contribution < 1.29 is 14.6 Å². The largest absolute Gasteiger partial charge is 0.394 e. The molecule has 0 aliphatic heterocycles. The van der Waals surface area contributed by atoms with Crippen LogP contribution in [0.5, 0.6) is 0 Å². The van der Waals surface area contributed by atoms with Gasteiger partial charge in [-0.2, -0.15) is 0 Å². The maximum Gasteiger partial charge on any atom is 0.123 e. The number of hydrogen-bond acceptors (Lipinski definition) is 3. The Bertz CT molecular complexity index is 331. The van der Waals surface area contributed by atoms with E-state index in [0.717, 1.165) is 17.5 Å². The Hall–Kier alpha value is -0.970. The monoisotopic (exact) mass is 227 g/mol. The molecule has 0 saturated carbocycles. The van der Waals surface area contributed by atoms with Crippen LogP contribution >= 0.6 is 0 Å². The first-order valence-electron chi connectivity index (χ1n) is 5.38. The number of aliphatic hydroxyl groups excluding tert-OH is 2. The van der Waals surface area contributed by atoms with Gasteiger partial charge in [-0.15, -0.1) is 0 Å². The normalized spacial score (nSPS) is 12.8. The highest BCUT2D eigenvalue weighted by Crippen LogP contribution is 2.10. The van der Waals surface area contributed by atoms with Gasteiger partial charge in [-0.25, -0.2) is 4.39 Å². The zero-order valence-electron chi connectivity index (χ0n) is 9.41. The Balaban J connectivity index is 2.32. The lowest BCUT2D eigenvalue weighted by molar-refractivity contribution is 0.0947. The van der Waals surface area contributed by atoms with Crippen molar-refractivity contribution in [2.75, 3.05) is 19.7 Å². The number of rotatable bonds is 6. The van der Waals surface area contributed by atoms with E-state index in [1.807, 2.05) is 6.92 Å². The Morgan fingerprint density at radius 1 is 1.44 bits per heavy atom. The summed E-state index contributed by atoms with van der Waals surface area (Å²) in [6, 6.07) is 4.73. The molecule has 0 fully saturated rings. The number of aryl methyl sites for hydroxylation is 1. The first kappa shape index (κ1) is 13.1. The highest BCUT2D eigenvalue weighted by molar-refractivity contribution is 5.26. The van der Waals surface area contributed by atoms with Crippen LogP contribution < -0.4 is 5.32 Å². The molecule has 0 aliphatic rings. The molecule has 0 heterocycles. The Morgan fingerprint density at radius 2 is 2.19 bits per heavy atom. The van der Waals surface area contributed by atoms with Gasteiger partial charge in [0.15, 0.2) is 0 Å². The van der Waals surface area contributed by atoms with E-state index in [1.165, 1.54) is 12.1 Å². The van der Waals surface area contributed by atoms with Crippen molar-refractivity contribution in [3.8, 4) is 0 Å². The summed E-state index contributed by atoms with van der Waals surface area (Å²) in [6.45, 7) is 2.71. The van der Waals surface area contributed by atoms with Crippen LogP contribution in [0.1, 0.15) is 11.1 Å². The minimum absolute atomic E-state index is 0.218. The van der Waals surface area contributed by atoms with E-state index >= 15 is 0 Å². The maximum atomic E-state index is 12.8. The molecule has 0 saturated heterocycles. The van der Waals surface area contributed by atoms with Crippen LogP contribution in [0.15, 0.2) is 18.2 Å². The van der Waals surface area contributed by atoms with E-state index < -0.39 is 6.10 Å². The van der Waals surface area contributed by atoms with E-state index in [2.05, 4.69) is 5.32 Å². The van der Waals surface area contributed by atoms with Crippen molar-refractivity contribution in [2.45, 2.75) is 19.4 Å². The van der Waals surface area contributed by atoms with Gasteiger partial charge >= 0.3 is 0 Å². The van der Waals surface area contributed by atoms with Crippen LogP contribution in [0.2, 0.25) is 0 Å². The lowest BCUT2D eigenvalue weighted by atomic mass is 10.1. The molecule has 0 aliphatic carbocycles. The van der Waals surface area contributed by atoms with Crippen LogP contribution in [-0.2, 0) is 6.42 Å². The molecule has 0 bridgehead atoms. The summed E-state index contributed by atoms with van der Waals surface area (Å²) in [6.07, 6.45) is 0.0684. The predicted molar refractivity (Wildman–Crippen MR) is 60.8 cm³/mol. The smallest absolute Gasteiger partial charge is 0.123 e. The zero-order chi connectivity index (χ0) is 12.0. The lowest BCUT2D eigenvalue weighted by Crippen LogP contribution is -2.30. The summed E-state index contributed by atoms with van der Waals surface area (Å²) in [7, 11) is 0. The summed E-state index contributed by atoms with van der Waals surface area (Å²) < 4.78 is 12.8. The summed E-state index contributed by atoms with van der Waals surface area (Å²) in [5.41, 5.74) is 2.02. The molecule has 1 rings (SSSR count). The second-order valence-corrected chi connectivity index (χ2v) is 3.86. The third-order valence-corrected chi connectivity index (χ3v) is 2.47. The number of aliphatic hydroxyl groups is 2. The summed E-state index contributed by atoms with van der Waals surface area (Å²) in [5, 5.41) is 20.7. The molecule has 0 unspecified atom stereocenters. The summed E-state index contributed by atoms with van der Waals surface area (Å²) in [5.74, 6) is -0.218. The quantitative estimate of drug-likeness (QED) is 0.624. The van der Waals surface area contributed by atoms with Crippen molar-refractivity contribution in [2.24, 2.45) is 0 Å². The molecule has 90 valence electrons. The molecular formula is C12H18FNO2. The lowest BCUT2D eigenvalue weighted by Gasteiger charge is -2.10. The molecule has 0 aromatic heterocycles. The third-order valence-electron chi connectivity index (χ3n) is 2.47. The molecule has 4 heteroatoms. The average molecular weight is 227 g/mol. The topological polar surface area (TPSA) is 52.5 Å². The summed E-state index contributed by atoms with van der Waals surface area (Å²) in [4.78, 5) is 0. The van der Waals surface area contributed by atoms with Gasteiger partial charge in [0.1, 0.15) is 5.82 Å². The molecular weight excluding hydrogens is 209 g/mol. The molecule has 3 N–H and O–H groups in total. The van der Waals surface area contributed by atoms with Gasteiger partial charge in [-0.05, 0) is 43.1 Å². The zero-order valence-corrected chi connectivity index (χ0v) is 9.41. The van der Waals surface area contributed by atoms with E-state index in [-0.39, 0.29) is 12.4 Å². The highest BCUT2D eigenvalue weighted by Gasteiger charge is 2.02. The van der Waals surface area contributed by atoms with Gasteiger partial charge in [0.25, 0.3) is 0 Å². The first-order chi connectivity index (χ1) is 7.63. The van der Waals surface area contributed by atoms with Gasteiger partial charge in [0, 0.05) is 6.54 Å².